The Morgan fingerprint density at radius 1 is 1.19 bits per heavy atom. The molecule has 0 radical (unpaired) electrons. The Kier molecular flexibility index (Phi) is 1.31. The lowest BCUT2D eigenvalue weighted by Gasteiger charge is -2.05. The van der Waals surface area contributed by atoms with Gasteiger partial charge in [0.2, 0.25) is 0 Å². The van der Waals surface area contributed by atoms with Crippen molar-refractivity contribution in [3.63, 3.8) is 0 Å². The van der Waals surface area contributed by atoms with E-state index in [0.717, 1.165) is 22.0 Å². The van der Waals surface area contributed by atoms with Gasteiger partial charge in [-0.05, 0) is 12.1 Å². The minimum atomic E-state index is 0.903. The number of hydrogen-bond acceptors (Lipinski definition) is 2. The first kappa shape index (κ1) is 7.93. The smallest absolute Gasteiger partial charge is 0.144 e. The largest absolute Gasteiger partial charge is 0.464 e. The van der Waals surface area contributed by atoms with Crippen LogP contribution in [-0.4, -0.2) is 9.38 Å². The summed E-state index contributed by atoms with van der Waals surface area (Å²) in [5.41, 5.74) is 1.88. The molecule has 0 saturated carbocycles. The predicted octanol–water partition coefficient (Wildman–Crippen LogP) is 3.23. The van der Waals surface area contributed by atoms with Crippen molar-refractivity contribution in [3.8, 4) is 0 Å². The lowest BCUT2D eigenvalue weighted by Crippen LogP contribution is -1.87. The summed E-state index contributed by atoms with van der Waals surface area (Å²) in [6, 6.07) is 8.03. The molecule has 0 unspecified atom stereocenters. The van der Waals surface area contributed by atoms with E-state index >= 15 is 0 Å². The number of imidazole rings is 1. The van der Waals surface area contributed by atoms with Crippen molar-refractivity contribution in [2.24, 2.45) is 0 Å². The van der Waals surface area contributed by atoms with Crippen LogP contribution in [0.5, 0.6) is 0 Å². The van der Waals surface area contributed by atoms with E-state index in [1.807, 2.05) is 35.0 Å². The highest BCUT2D eigenvalue weighted by atomic mass is 16.3. The molecule has 76 valence electrons. The van der Waals surface area contributed by atoms with E-state index in [1.165, 1.54) is 5.39 Å². The summed E-state index contributed by atoms with van der Waals surface area (Å²) in [7, 11) is 0. The molecule has 0 N–H and O–H groups in total. The summed E-state index contributed by atoms with van der Waals surface area (Å²) in [6.07, 6.45) is 7.57. The van der Waals surface area contributed by atoms with Gasteiger partial charge in [-0.1, -0.05) is 12.1 Å². The highest BCUT2D eigenvalue weighted by Gasteiger charge is 2.07. The molecule has 4 rings (SSSR count). The highest BCUT2D eigenvalue weighted by Crippen LogP contribution is 2.28. The SMILES string of the molecule is c1cc2occc3cn4ccnc4c(c1)c32. The monoisotopic (exact) mass is 208 g/mol. The molecule has 0 amide bonds. The summed E-state index contributed by atoms with van der Waals surface area (Å²) >= 11 is 0. The standard InChI is InChI=1S/C13H8N2O/c1-2-10-12-9(4-7-16-11(12)3-1)8-15-6-5-14-13(10)15/h1-8H. The number of rotatable bonds is 0. The van der Waals surface area contributed by atoms with Crippen LogP contribution < -0.4 is 0 Å². The average Bonchev–Trinajstić information content (AvgIpc) is 2.78. The van der Waals surface area contributed by atoms with Gasteiger partial charge in [0.15, 0.2) is 0 Å². The van der Waals surface area contributed by atoms with E-state index in [9.17, 15) is 0 Å². The fourth-order valence-corrected chi connectivity index (χ4v) is 2.26. The van der Waals surface area contributed by atoms with Crippen molar-refractivity contribution < 1.29 is 4.42 Å². The first-order valence-electron chi connectivity index (χ1n) is 5.15. The molecular weight excluding hydrogens is 200 g/mol. The first-order chi connectivity index (χ1) is 7.93. The van der Waals surface area contributed by atoms with E-state index in [1.54, 1.807) is 6.26 Å². The van der Waals surface area contributed by atoms with Gasteiger partial charge in [-0.3, -0.25) is 0 Å². The second kappa shape index (κ2) is 2.64. The Labute approximate surface area is 90.9 Å². The number of nitrogens with zero attached hydrogens (tertiary/aromatic N) is 2. The van der Waals surface area contributed by atoms with Crippen LogP contribution in [0.2, 0.25) is 0 Å². The molecule has 0 aliphatic carbocycles. The molecular formula is C13H8N2O. The van der Waals surface area contributed by atoms with Crippen LogP contribution in [0.4, 0.5) is 0 Å². The summed E-state index contributed by atoms with van der Waals surface area (Å²) in [6.45, 7) is 0. The topological polar surface area (TPSA) is 30.4 Å². The average molecular weight is 208 g/mol. The molecule has 3 aromatic heterocycles. The zero-order valence-electron chi connectivity index (χ0n) is 8.42. The minimum Gasteiger partial charge on any atom is -0.464 e. The van der Waals surface area contributed by atoms with Gasteiger partial charge >= 0.3 is 0 Å². The van der Waals surface area contributed by atoms with Crippen molar-refractivity contribution in [3.05, 3.63) is 49.1 Å². The van der Waals surface area contributed by atoms with E-state index < -0.39 is 0 Å². The summed E-state index contributed by atoms with van der Waals surface area (Å²) < 4.78 is 7.54. The maximum Gasteiger partial charge on any atom is 0.144 e. The Hall–Kier alpha value is -2.29. The Morgan fingerprint density at radius 3 is 3.19 bits per heavy atom. The Bertz CT molecular complexity index is 805. The number of aromatic nitrogens is 2. The molecule has 3 nitrogen and oxygen atoms in total. The van der Waals surface area contributed by atoms with Crippen molar-refractivity contribution in [2.45, 2.75) is 0 Å². The van der Waals surface area contributed by atoms with Crippen LogP contribution in [-0.2, 0) is 0 Å². The zero-order valence-corrected chi connectivity index (χ0v) is 8.42. The van der Waals surface area contributed by atoms with Crippen molar-refractivity contribution in [1.29, 1.82) is 0 Å². The summed E-state index contributed by atoms with van der Waals surface area (Å²) in [5, 5.41) is 3.44. The third-order valence-corrected chi connectivity index (χ3v) is 2.95. The molecule has 16 heavy (non-hydrogen) atoms. The molecule has 4 aromatic rings. The van der Waals surface area contributed by atoms with E-state index in [0.29, 0.717) is 0 Å². The van der Waals surface area contributed by atoms with Gasteiger partial charge in [-0.25, -0.2) is 4.98 Å². The van der Waals surface area contributed by atoms with Gasteiger partial charge in [0, 0.05) is 34.7 Å². The molecule has 3 heteroatoms. The minimum absolute atomic E-state index is 0.903. The summed E-state index contributed by atoms with van der Waals surface area (Å²) in [4.78, 5) is 4.37. The molecule has 0 bridgehead atoms. The molecule has 0 fully saturated rings. The van der Waals surface area contributed by atoms with Gasteiger partial charge in [-0.15, -0.1) is 0 Å². The van der Waals surface area contributed by atoms with Crippen molar-refractivity contribution in [2.75, 3.05) is 0 Å². The van der Waals surface area contributed by atoms with Crippen LogP contribution >= 0.6 is 0 Å². The van der Waals surface area contributed by atoms with Gasteiger partial charge in [0.25, 0.3) is 0 Å². The summed E-state index contributed by atoms with van der Waals surface area (Å²) in [5.74, 6) is 0. The van der Waals surface area contributed by atoms with Gasteiger partial charge < -0.3 is 8.82 Å². The van der Waals surface area contributed by atoms with Gasteiger partial charge in [-0.2, -0.15) is 0 Å². The Morgan fingerprint density at radius 2 is 2.19 bits per heavy atom. The quantitative estimate of drug-likeness (QED) is 0.444. The van der Waals surface area contributed by atoms with E-state index in [4.69, 9.17) is 4.42 Å². The predicted molar refractivity (Wildman–Crippen MR) is 62.5 cm³/mol. The third kappa shape index (κ3) is 0.852. The zero-order chi connectivity index (χ0) is 10.5. The molecule has 0 spiro atoms. The van der Waals surface area contributed by atoms with Crippen LogP contribution in [0.15, 0.2) is 53.5 Å². The second-order valence-corrected chi connectivity index (χ2v) is 3.84. The lowest BCUT2D eigenvalue weighted by molar-refractivity contribution is 0.605. The van der Waals surface area contributed by atoms with Gasteiger partial charge in [0.05, 0.1) is 6.26 Å². The maximum atomic E-state index is 5.50. The number of pyridine rings is 1. The normalized spacial score (nSPS) is 11.8. The molecule has 0 saturated heterocycles. The van der Waals surface area contributed by atoms with E-state index in [2.05, 4.69) is 17.2 Å². The fourth-order valence-electron chi connectivity index (χ4n) is 2.26. The second-order valence-electron chi connectivity index (χ2n) is 3.84. The number of benzene rings is 1. The Balaban J connectivity index is 2.48. The van der Waals surface area contributed by atoms with Crippen molar-refractivity contribution >= 4 is 27.4 Å². The van der Waals surface area contributed by atoms with Crippen LogP contribution in [0.3, 0.4) is 0 Å². The van der Waals surface area contributed by atoms with E-state index in [-0.39, 0.29) is 0 Å². The first-order valence-corrected chi connectivity index (χ1v) is 5.15. The van der Waals surface area contributed by atoms with Crippen molar-refractivity contribution in [1.82, 2.24) is 9.38 Å². The van der Waals surface area contributed by atoms with Crippen LogP contribution in [0, 0.1) is 0 Å². The lowest BCUT2D eigenvalue weighted by atomic mass is 10.1. The molecule has 0 aliphatic heterocycles. The molecule has 0 aliphatic rings. The molecule has 1 aromatic carbocycles. The third-order valence-electron chi connectivity index (χ3n) is 2.95. The molecule has 0 atom stereocenters. The molecule has 3 heterocycles. The van der Waals surface area contributed by atoms with Gasteiger partial charge in [0.1, 0.15) is 11.2 Å². The fraction of sp³-hybridized carbons (Fsp3) is 0. The maximum absolute atomic E-state index is 5.50. The van der Waals surface area contributed by atoms with Crippen LogP contribution in [0.25, 0.3) is 27.4 Å². The number of fused-ring (bicyclic) bond motifs is 2. The highest BCUT2D eigenvalue weighted by molar-refractivity contribution is 6.12. The number of hydrogen-bond donors (Lipinski definition) is 0. The van der Waals surface area contributed by atoms with Crippen LogP contribution in [0.1, 0.15) is 0 Å².